The Balaban J connectivity index is 2.35. The van der Waals surface area contributed by atoms with Crippen LogP contribution in [0.5, 0.6) is 0 Å². The highest BCUT2D eigenvalue weighted by molar-refractivity contribution is 6.01. The van der Waals surface area contributed by atoms with Crippen LogP contribution in [0.1, 0.15) is 12.8 Å². The predicted octanol–water partition coefficient (Wildman–Crippen LogP) is -1.58. The van der Waals surface area contributed by atoms with Crippen LogP contribution >= 0.6 is 0 Å². The highest BCUT2D eigenvalue weighted by Gasteiger charge is 2.28. The van der Waals surface area contributed by atoms with E-state index in [-0.39, 0.29) is 25.0 Å². The highest BCUT2D eigenvalue weighted by atomic mass is 16.3. The molecular weight excluding hydrogens is 212 g/mol. The number of imide groups is 1. The van der Waals surface area contributed by atoms with Gasteiger partial charge in [0.25, 0.3) is 0 Å². The first-order chi connectivity index (χ1) is 7.69. The van der Waals surface area contributed by atoms with E-state index >= 15 is 0 Å². The largest absolute Gasteiger partial charge is 0.395 e. The molecule has 0 aliphatic carbocycles. The second-order valence-corrected chi connectivity index (χ2v) is 3.73. The number of hydrogen-bond acceptors (Lipinski definition) is 5. The van der Waals surface area contributed by atoms with E-state index in [4.69, 9.17) is 10.2 Å². The molecule has 0 unspecified atom stereocenters. The smallest absolute Gasteiger partial charge is 0.229 e. The van der Waals surface area contributed by atoms with Crippen molar-refractivity contribution < 1.29 is 19.8 Å². The molecule has 6 heteroatoms. The van der Waals surface area contributed by atoms with Crippen molar-refractivity contribution in [2.75, 3.05) is 39.4 Å². The number of amides is 2. The van der Waals surface area contributed by atoms with Gasteiger partial charge in [-0.3, -0.25) is 19.4 Å². The number of aliphatic hydroxyl groups is 2. The van der Waals surface area contributed by atoms with E-state index in [0.29, 0.717) is 39.0 Å². The van der Waals surface area contributed by atoms with Crippen molar-refractivity contribution in [1.82, 2.24) is 9.80 Å². The maximum atomic E-state index is 11.3. The van der Waals surface area contributed by atoms with Crippen LogP contribution in [-0.4, -0.2) is 71.2 Å². The zero-order valence-corrected chi connectivity index (χ0v) is 9.26. The third-order valence-corrected chi connectivity index (χ3v) is 2.63. The number of nitrogens with zero attached hydrogens (tertiary/aromatic N) is 2. The zero-order chi connectivity index (χ0) is 12.0. The highest BCUT2D eigenvalue weighted by Crippen LogP contribution is 2.10. The summed E-state index contributed by atoms with van der Waals surface area (Å²) in [6, 6.07) is 0. The number of carbonyl (C=O) groups is 2. The molecule has 0 saturated carbocycles. The fourth-order valence-electron chi connectivity index (χ4n) is 1.73. The maximum Gasteiger partial charge on any atom is 0.229 e. The van der Waals surface area contributed by atoms with Crippen LogP contribution in [0.3, 0.4) is 0 Å². The Hall–Kier alpha value is -0.980. The summed E-state index contributed by atoms with van der Waals surface area (Å²) < 4.78 is 0. The molecule has 16 heavy (non-hydrogen) atoms. The molecule has 0 radical (unpaired) electrons. The lowest BCUT2D eigenvalue weighted by atomic mass is 10.4. The third kappa shape index (κ3) is 3.55. The van der Waals surface area contributed by atoms with Crippen LogP contribution in [0, 0.1) is 0 Å². The summed E-state index contributed by atoms with van der Waals surface area (Å²) in [5.74, 6) is -0.254. The van der Waals surface area contributed by atoms with Gasteiger partial charge in [-0.1, -0.05) is 0 Å². The van der Waals surface area contributed by atoms with Crippen molar-refractivity contribution in [2.24, 2.45) is 0 Å². The van der Waals surface area contributed by atoms with Crippen molar-refractivity contribution in [3.05, 3.63) is 0 Å². The summed E-state index contributed by atoms with van der Waals surface area (Å²) in [7, 11) is 0. The molecule has 1 aliphatic heterocycles. The van der Waals surface area contributed by atoms with Gasteiger partial charge in [-0.25, -0.2) is 0 Å². The molecule has 0 bridgehead atoms. The first-order valence-electron chi connectivity index (χ1n) is 5.46. The first kappa shape index (κ1) is 13.1. The molecule has 1 saturated heterocycles. The molecule has 6 nitrogen and oxygen atoms in total. The Morgan fingerprint density at radius 2 is 1.50 bits per heavy atom. The van der Waals surface area contributed by atoms with Gasteiger partial charge in [0.15, 0.2) is 0 Å². The molecule has 2 N–H and O–H groups in total. The standard InChI is InChI=1S/C10H18N2O4/c13-7-5-11(6-8-14)3-4-12-9(15)1-2-10(12)16/h13-14H,1-8H2. The van der Waals surface area contributed by atoms with Gasteiger partial charge in [-0.15, -0.1) is 0 Å². The number of hydrogen-bond donors (Lipinski definition) is 2. The lowest BCUT2D eigenvalue weighted by molar-refractivity contribution is -0.138. The molecule has 92 valence electrons. The van der Waals surface area contributed by atoms with Gasteiger partial charge >= 0.3 is 0 Å². The van der Waals surface area contributed by atoms with Crippen LogP contribution in [-0.2, 0) is 9.59 Å². The van der Waals surface area contributed by atoms with E-state index < -0.39 is 0 Å². The minimum absolute atomic E-state index is 0.00188. The fourth-order valence-corrected chi connectivity index (χ4v) is 1.73. The summed E-state index contributed by atoms with van der Waals surface area (Å²) in [4.78, 5) is 25.7. The van der Waals surface area contributed by atoms with Gasteiger partial charge in [0, 0.05) is 39.0 Å². The molecule has 0 spiro atoms. The second-order valence-electron chi connectivity index (χ2n) is 3.73. The number of carbonyl (C=O) groups excluding carboxylic acids is 2. The Bertz CT molecular complexity index is 235. The van der Waals surface area contributed by atoms with Crippen LogP contribution in [0.2, 0.25) is 0 Å². The average Bonchev–Trinajstić information content (AvgIpc) is 2.56. The Kier molecular flexibility index (Phi) is 5.37. The van der Waals surface area contributed by atoms with E-state index in [0.717, 1.165) is 0 Å². The van der Waals surface area contributed by atoms with E-state index in [2.05, 4.69) is 0 Å². The molecule has 1 aliphatic rings. The van der Waals surface area contributed by atoms with Crippen LogP contribution in [0.25, 0.3) is 0 Å². The number of likely N-dealkylation sites (tertiary alicyclic amines) is 1. The SMILES string of the molecule is O=C1CCC(=O)N1CCN(CCO)CCO. The lowest BCUT2D eigenvalue weighted by Crippen LogP contribution is -2.40. The van der Waals surface area contributed by atoms with Crippen molar-refractivity contribution in [1.29, 1.82) is 0 Å². The minimum atomic E-state index is -0.127. The normalized spacial score (nSPS) is 16.6. The summed E-state index contributed by atoms with van der Waals surface area (Å²) in [5.41, 5.74) is 0. The van der Waals surface area contributed by atoms with E-state index in [9.17, 15) is 9.59 Å². The van der Waals surface area contributed by atoms with E-state index in [1.807, 2.05) is 4.90 Å². The second kappa shape index (κ2) is 6.57. The summed E-state index contributed by atoms with van der Waals surface area (Å²) >= 11 is 0. The average molecular weight is 230 g/mol. The number of aliphatic hydroxyl groups excluding tert-OH is 2. The van der Waals surface area contributed by atoms with Crippen LogP contribution in [0.4, 0.5) is 0 Å². The number of rotatable bonds is 7. The van der Waals surface area contributed by atoms with Gasteiger partial charge < -0.3 is 10.2 Å². The van der Waals surface area contributed by atoms with Crippen LogP contribution < -0.4 is 0 Å². The summed E-state index contributed by atoms with van der Waals surface area (Å²) in [6.07, 6.45) is 0.609. The molecule has 1 rings (SSSR count). The molecule has 0 aromatic rings. The molecule has 0 aromatic carbocycles. The minimum Gasteiger partial charge on any atom is -0.395 e. The fraction of sp³-hybridized carbons (Fsp3) is 0.800. The molecule has 0 aromatic heterocycles. The van der Waals surface area contributed by atoms with Gasteiger partial charge in [-0.2, -0.15) is 0 Å². The topological polar surface area (TPSA) is 81.1 Å². The monoisotopic (exact) mass is 230 g/mol. The third-order valence-electron chi connectivity index (χ3n) is 2.63. The molecule has 1 heterocycles. The van der Waals surface area contributed by atoms with Crippen molar-refractivity contribution in [3.63, 3.8) is 0 Å². The quantitative estimate of drug-likeness (QED) is 0.516. The molecule has 1 fully saturated rings. The van der Waals surface area contributed by atoms with E-state index in [1.165, 1.54) is 4.90 Å². The summed E-state index contributed by atoms with van der Waals surface area (Å²) in [6.45, 7) is 1.73. The predicted molar refractivity (Wildman–Crippen MR) is 56.6 cm³/mol. The van der Waals surface area contributed by atoms with Gasteiger partial charge in [-0.05, 0) is 0 Å². The Labute approximate surface area is 94.4 Å². The van der Waals surface area contributed by atoms with E-state index in [1.54, 1.807) is 0 Å². The Morgan fingerprint density at radius 3 is 1.94 bits per heavy atom. The molecule has 2 amide bonds. The first-order valence-corrected chi connectivity index (χ1v) is 5.46. The van der Waals surface area contributed by atoms with Gasteiger partial charge in [0.05, 0.1) is 13.2 Å². The lowest BCUT2D eigenvalue weighted by Gasteiger charge is -2.22. The van der Waals surface area contributed by atoms with Crippen molar-refractivity contribution in [3.8, 4) is 0 Å². The molecular formula is C10H18N2O4. The summed E-state index contributed by atoms with van der Waals surface area (Å²) in [5, 5.41) is 17.6. The molecule has 0 atom stereocenters. The Morgan fingerprint density at radius 1 is 1.00 bits per heavy atom. The van der Waals surface area contributed by atoms with Gasteiger partial charge in [0.2, 0.25) is 11.8 Å². The van der Waals surface area contributed by atoms with Crippen molar-refractivity contribution in [2.45, 2.75) is 12.8 Å². The van der Waals surface area contributed by atoms with Gasteiger partial charge in [0.1, 0.15) is 0 Å². The zero-order valence-electron chi connectivity index (χ0n) is 9.26. The maximum absolute atomic E-state index is 11.3. The van der Waals surface area contributed by atoms with Crippen LogP contribution in [0.15, 0.2) is 0 Å². The van der Waals surface area contributed by atoms with Crippen molar-refractivity contribution >= 4 is 11.8 Å².